The van der Waals surface area contributed by atoms with Gasteiger partial charge in [-0.15, -0.1) is 0 Å². The Morgan fingerprint density at radius 2 is 1.76 bits per heavy atom. The minimum absolute atomic E-state index is 0.0535. The van der Waals surface area contributed by atoms with Gasteiger partial charge in [-0.2, -0.15) is 5.10 Å². The lowest BCUT2D eigenvalue weighted by Crippen LogP contribution is -2.18. The number of nitrogens with one attached hydrogen (secondary N) is 1. The number of carbonyl (C=O) groups is 1. The summed E-state index contributed by atoms with van der Waals surface area (Å²) < 4.78 is 0. The van der Waals surface area contributed by atoms with Gasteiger partial charge in [-0.25, -0.2) is 5.43 Å². The van der Waals surface area contributed by atoms with Crippen LogP contribution in [0.2, 0.25) is 0 Å². The summed E-state index contributed by atoms with van der Waals surface area (Å²) in [5.74, 6) is 0.297. The maximum atomic E-state index is 12.1. The molecule has 4 nitrogen and oxygen atoms in total. The lowest BCUT2D eigenvalue weighted by molar-refractivity contribution is 0.0952. The van der Waals surface area contributed by atoms with Gasteiger partial charge in [0.2, 0.25) is 0 Å². The van der Waals surface area contributed by atoms with Gasteiger partial charge in [-0.3, -0.25) is 4.79 Å². The zero-order valence-corrected chi connectivity index (χ0v) is 13.6. The van der Waals surface area contributed by atoms with Crippen molar-refractivity contribution >= 4 is 17.7 Å². The first-order valence-electron chi connectivity index (χ1n) is 8.33. The van der Waals surface area contributed by atoms with E-state index in [4.69, 9.17) is 0 Å². The van der Waals surface area contributed by atoms with Crippen LogP contribution in [0.3, 0.4) is 0 Å². The molecule has 2 aromatic carbocycles. The first-order valence-corrected chi connectivity index (χ1v) is 8.33. The normalized spacial score (nSPS) is 21.3. The van der Waals surface area contributed by atoms with E-state index >= 15 is 0 Å². The first-order chi connectivity index (χ1) is 12.2. The van der Waals surface area contributed by atoms with Crippen molar-refractivity contribution in [2.45, 2.75) is 6.42 Å². The zero-order chi connectivity index (χ0) is 17.2. The number of benzene rings is 2. The van der Waals surface area contributed by atoms with Gasteiger partial charge in [-0.1, -0.05) is 54.6 Å². The molecule has 0 fully saturated rings. The molecule has 0 saturated carbocycles. The van der Waals surface area contributed by atoms with Crippen molar-refractivity contribution < 1.29 is 9.90 Å². The molecule has 2 aromatic rings. The Kier molecular flexibility index (Phi) is 3.94. The molecule has 1 amide bonds. The largest absolute Gasteiger partial charge is 0.507 e. The number of carbonyl (C=O) groups excluding carboxylic acids is 1. The highest BCUT2D eigenvalue weighted by molar-refractivity contribution is 5.99. The molecule has 0 radical (unpaired) electrons. The quantitative estimate of drug-likeness (QED) is 0.509. The summed E-state index contributed by atoms with van der Waals surface area (Å²) in [7, 11) is 0. The van der Waals surface area contributed by atoms with Crippen LogP contribution >= 0.6 is 0 Å². The molecular formula is C21H18N2O2. The van der Waals surface area contributed by atoms with Gasteiger partial charge in [-0.05, 0) is 35.3 Å². The van der Waals surface area contributed by atoms with Crippen molar-refractivity contribution in [3.05, 3.63) is 83.4 Å². The second kappa shape index (κ2) is 6.40. The Bertz CT molecular complexity index is 897. The Morgan fingerprint density at radius 1 is 1.04 bits per heavy atom. The van der Waals surface area contributed by atoms with Gasteiger partial charge in [0.05, 0.1) is 11.8 Å². The van der Waals surface area contributed by atoms with Gasteiger partial charge in [0.25, 0.3) is 5.91 Å². The third-order valence-corrected chi connectivity index (χ3v) is 4.77. The number of hydrazone groups is 1. The summed E-state index contributed by atoms with van der Waals surface area (Å²) in [6, 6.07) is 16.7. The summed E-state index contributed by atoms with van der Waals surface area (Å²) in [4.78, 5) is 12.1. The summed E-state index contributed by atoms with van der Waals surface area (Å²) in [5.41, 5.74) is 6.36. The third-order valence-electron chi connectivity index (χ3n) is 4.77. The van der Waals surface area contributed by atoms with Crippen LogP contribution < -0.4 is 5.43 Å². The van der Waals surface area contributed by atoms with Crippen molar-refractivity contribution in [1.82, 2.24) is 5.43 Å². The number of hydrogen-bond acceptors (Lipinski definition) is 3. The highest BCUT2D eigenvalue weighted by atomic mass is 16.3. The van der Waals surface area contributed by atoms with E-state index in [0.717, 1.165) is 12.0 Å². The number of nitrogens with zero attached hydrogens (tertiary/aromatic N) is 1. The molecule has 2 N–H and O–H groups in total. The van der Waals surface area contributed by atoms with E-state index in [1.165, 1.54) is 17.2 Å². The summed E-state index contributed by atoms with van der Waals surface area (Å²) in [6.07, 6.45) is 7.28. The highest BCUT2D eigenvalue weighted by Gasteiger charge is 2.34. The minimum atomic E-state index is -0.421. The minimum Gasteiger partial charge on any atom is -0.507 e. The van der Waals surface area contributed by atoms with Gasteiger partial charge in [0.15, 0.2) is 0 Å². The maximum absolute atomic E-state index is 12.1. The zero-order valence-electron chi connectivity index (χ0n) is 13.6. The Labute approximate surface area is 146 Å². The number of allylic oxidation sites excluding steroid dienone is 4. The van der Waals surface area contributed by atoms with E-state index in [9.17, 15) is 9.90 Å². The molecule has 2 unspecified atom stereocenters. The van der Waals surface area contributed by atoms with Crippen LogP contribution in [0.15, 0.2) is 77.4 Å². The van der Waals surface area contributed by atoms with Crippen LogP contribution in [0.1, 0.15) is 22.3 Å². The van der Waals surface area contributed by atoms with Crippen molar-refractivity contribution in [3.63, 3.8) is 0 Å². The maximum Gasteiger partial charge on any atom is 0.275 e. The lowest BCUT2D eigenvalue weighted by atomic mass is 9.92. The molecule has 0 aromatic heterocycles. The molecule has 4 heteroatoms. The second-order valence-corrected chi connectivity index (χ2v) is 6.28. The molecule has 0 heterocycles. The average Bonchev–Trinajstić information content (AvgIpc) is 3.24. The summed E-state index contributed by atoms with van der Waals surface area (Å²) in [5, 5.41) is 13.9. The Balaban J connectivity index is 1.56. The van der Waals surface area contributed by atoms with Crippen molar-refractivity contribution in [2.24, 2.45) is 16.9 Å². The molecule has 2 bridgehead atoms. The second-order valence-electron chi connectivity index (χ2n) is 6.28. The van der Waals surface area contributed by atoms with E-state index in [0.29, 0.717) is 11.8 Å². The number of amides is 1. The topological polar surface area (TPSA) is 61.7 Å². The Hall–Kier alpha value is -3.14. The molecule has 0 aliphatic heterocycles. The van der Waals surface area contributed by atoms with E-state index in [1.54, 1.807) is 24.4 Å². The summed E-state index contributed by atoms with van der Waals surface area (Å²) >= 11 is 0. The van der Waals surface area contributed by atoms with Gasteiger partial charge >= 0.3 is 0 Å². The molecule has 0 saturated heterocycles. The van der Waals surface area contributed by atoms with Gasteiger partial charge in [0.1, 0.15) is 5.75 Å². The fourth-order valence-corrected chi connectivity index (χ4v) is 3.61. The SMILES string of the molecule is O=C(NN=CC1=C(c2ccccc2)C2C=CC1C2)c1ccccc1O. The van der Waals surface area contributed by atoms with Crippen LogP contribution in [-0.4, -0.2) is 17.2 Å². The average molecular weight is 330 g/mol. The summed E-state index contributed by atoms with van der Waals surface area (Å²) in [6.45, 7) is 0. The monoisotopic (exact) mass is 330 g/mol. The van der Waals surface area contributed by atoms with Crippen molar-refractivity contribution in [1.29, 1.82) is 0 Å². The van der Waals surface area contributed by atoms with Crippen LogP contribution in [0.25, 0.3) is 5.57 Å². The van der Waals surface area contributed by atoms with Crippen LogP contribution in [0.4, 0.5) is 0 Å². The fourth-order valence-electron chi connectivity index (χ4n) is 3.61. The standard InChI is InChI=1S/C21H18N2O2/c24-19-9-5-4-8-17(19)21(25)23-22-13-18-15-10-11-16(12-15)20(18)14-6-2-1-3-7-14/h1-11,13,15-16,24H,12H2,(H,23,25). The number of para-hydroxylation sites is 1. The number of rotatable bonds is 4. The predicted octanol–water partition coefficient (Wildman–Crippen LogP) is 3.77. The molecule has 25 heavy (non-hydrogen) atoms. The van der Waals surface area contributed by atoms with E-state index in [1.807, 2.05) is 18.2 Å². The molecule has 2 atom stereocenters. The fraction of sp³-hybridized carbons (Fsp3) is 0.143. The number of aromatic hydroxyl groups is 1. The third kappa shape index (κ3) is 2.87. The number of phenolic OH excluding ortho intramolecular Hbond substituents is 1. The molecule has 2 aliphatic carbocycles. The van der Waals surface area contributed by atoms with Crippen LogP contribution in [0.5, 0.6) is 5.75 Å². The van der Waals surface area contributed by atoms with E-state index < -0.39 is 5.91 Å². The predicted molar refractivity (Wildman–Crippen MR) is 98.2 cm³/mol. The lowest BCUT2D eigenvalue weighted by Gasteiger charge is -2.13. The number of phenols is 1. The molecule has 0 spiro atoms. The molecular weight excluding hydrogens is 312 g/mol. The molecule has 2 aliphatic rings. The molecule has 124 valence electrons. The number of fused-ring (bicyclic) bond motifs is 2. The van der Waals surface area contributed by atoms with Crippen molar-refractivity contribution in [3.8, 4) is 5.75 Å². The smallest absolute Gasteiger partial charge is 0.275 e. The van der Waals surface area contributed by atoms with Gasteiger partial charge < -0.3 is 5.11 Å². The van der Waals surface area contributed by atoms with Crippen LogP contribution in [0, 0.1) is 11.8 Å². The van der Waals surface area contributed by atoms with Gasteiger partial charge in [0, 0.05) is 11.8 Å². The van der Waals surface area contributed by atoms with E-state index in [2.05, 4.69) is 34.8 Å². The molecule has 4 rings (SSSR count). The first kappa shape index (κ1) is 15.4. The number of hydrogen-bond donors (Lipinski definition) is 2. The van der Waals surface area contributed by atoms with Crippen molar-refractivity contribution in [2.75, 3.05) is 0 Å². The Morgan fingerprint density at radius 3 is 2.56 bits per heavy atom. The van der Waals surface area contributed by atoms with Crippen LogP contribution in [-0.2, 0) is 0 Å². The van der Waals surface area contributed by atoms with E-state index in [-0.39, 0.29) is 11.3 Å². The highest BCUT2D eigenvalue weighted by Crippen LogP contribution is 2.47.